The van der Waals surface area contributed by atoms with Crippen LogP contribution in [0.4, 0.5) is 0 Å². The number of aromatic nitrogens is 2. The number of imidazole rings is 1. The van der Waals surface area contributed by atoms with Crippen LogP contribution in [0.3, 0.4) is 0 Å². The smallest absolute Gasteiger partial charge is 0.253 e. The number of piperidine rings is 1. The molecule has 2 N–H and O–H groups in total. The van der Waals surface area contributed by atoms with Gasteiger partial charge in [-0.2, -0.15) is 0 Å². The predicted octanol–water partition coefficient (Wildman–Crippen LogP) is 4.04. The average molecular weight is 391 g/mol. The maximum Gasteiger partial charge on any atom is 0.253 e. The van der Waals surface area contributed by atoms with Crippen LogP contribution in [0, 0.1) is 6.92 Å². The largest absolute Gasteiger partial charge is 0.342 e. The van der Waals surface area contributed by atoms with Crippen LogP contribution in [0.25, 0.3) is 11.0 Å². The van der Waals surface area contributed by atoms with Crippen LogP contribution in [0.1, 0.15) is 53.0 Å². The van der Waals surface area contributed by atoms with Gasteiger partial charge < -0.3 is 15.2 Å². The van der Waals surface area contributed by atoms with Gasteiger partial charge in [-0.1, -0.05) is 18.2 Å². The Morgan fingerprint density at radius 3 is 2.76 bits per heavy atom. The number of carbonyl (C=O) groups is 1. The van der Waals surface area contributed by atoms with Gasteiger partial charge in [-0.05, 0) is 74.5 Å². The summed E-state index contributed by atoms with van der Waals surface area (Å²) in [5.74, 6) is 1.58. The molecule has 4 rings (SSSR count). The Morgan fingerprint density at radius 1 is 1.21 bits per heavy atom. The summed E-state index contributed by atoms with van der Waals surface area (Å²) in [6, 6.07) is 14.4. The van der Waals surface area contributed by atoms with Gasteiger partial charge >= 0.3 is 0 Å². The minimum Gasteiger partial charge on any atom is -0.342 e. The van der Waals surface area contributed by atoms with Crippen LogP contribution < -0.4 is 5.32 Å². The fourth-order valence-corrected chi connectivity index (χ4v) is 4.16. The number of hydrogen-bond donors (Lipinski definition) is 2. The van der Waals surface area contributed by atoms with Crippen molar-refractivity contribution >= 4 is 16.9 Å². The van der Waals surface area contributed by atoms with Crippen LogP contribution in [0.5, 0.6) is 0 Å². The number of likely N-dealkylation sites (N-methyl/N-ethyl adjacent to an activating group) is 1. The van der Waals surface area contributed by atoms with Gasteiger partial charge in [-0.15, -0.1) is 0 Å². The normalized spacial score (nSPS) is 16.8. The minimum absolute atomic E-state index is 0.0905. The van der Waals surface area contributed by atoms with Crippen molar-refractivity contribution in [2.24, 2.45) is 0 Å². The molecule has 0 radical (unpaired) electrons. The number of carbonyl (C=O) groups excluding carboxylic acids is 1. The number of amides is 1. The molecule has 1 fully saturated rings. The number of rotatable bonds is 6. The van der Waals surface area contributed by atoms with E-state index in [1.54, 1.807) is 0 Å². The second kappa shape index (κ2) is 8.78. The highest BCUT2D eigenvalue weighted by Gasteiger charge is 2.18. The quantitative estimate of drug-likeness (QED) is 0.668. The van der Waals surface area contributed by atoms with Crippen LogP contribution in [0.2, 0.25) is 0 Å². The molecule has 5 heteroatoms. The summed E-state index contributed by atoms with van der Waals surface area (Å²) in [5, 5.41) is 3.46. The first-order valence-electron chi connectivity index (χ1n) is 10.7. The van der Waals surface area contributed by atoms with Gasteiger partial charge in [-0.25, -0.2) is 4.98 Å². The SMILES string of the molecule is CCN(CCc1nc2ccc(C)cc2[nH]1)C(=O)c1ccc([C@H]2CCCNC2)cc1. The van der Waals surface area contributed by atoms with Gasteiger partial charge in [0, 0.05) is 31.6 Å². The van der Waals surface area contributed by atoms with Gasteiger partial charge in [0.05, 0.1) is 11.0 Å². The average Bonchev–Trinajstić information content (AvgIpc) is 3.16. The Labute approximate surface area is 172 Å². The zero-order chi connectivity index (χ0) is 20.2. The molecule has 0 saturated carbocycles. The lowest BCUT2D eigenvalue weighted by Gasteiger charge is -2.24. The first kappa shape index (κ1) is 19.6. The fourth-order valence-electron chi connectivity index (χ4n) is 4.16. The van der Waals surface area contributed by atoms with E-state index in [1.807, 2.05) is 30.0 Å². The molecule has 1 aromatic heterocycles. The number of nitrogens with one attached hydrogen (secondary N) is 2. The molecule has 1 saturated heterocycles. The van der Waals surface area contributed by atoms with Gasteiger partial charge in [0.2, 0.25) is 0 Å². The summed E-state index contributed by atoms with van der Waals surface area (Å²) >= 11 is 0. The topological polar surface area (TPSA) is 61.0 Å². The number of benzene rings is 2. The van der Waals surface area contributed by atoms with Crippen LogP contribution in [-0.4, -0.2) is 47.0 Å². The highest BCUT2D eigenvalue weighted by molar-refractivity contribution is 5.94. The number of nitrogens with zero attached hydrogens (tertiary/aromatic N) is 2. The van der Waals surface area contributed by atoms with Crippen LogP contribution >= 0.6 is 0 Å². The lowest BCUT2D eigenvalue weighted by molar-refractivity contribution is 0.0765. The summed E-state index contributed by atoms with van der Waals surface area (Å²) in [5.41, 5.74) is 5.34. The molecular weight excluding hydrogens is 360 g/mol. The molecule has 0 bridgehead atoms. The number of aromatic amines is 1. The summed E-state index contributed by atoms with van der Waals surface area (Å²) in [6.07, 6.45) is 3.16. The van der Waals surface area contributed by atoms with Crippen molar-refractivity contribution in [3.8, 4) is 0 Å². The maximum atomic E-state index is 13.0. The van der Waals surface area contributed by atoms with E-state index in [1.165, 1.54) is 24.0 Å². The Hall–Kier alpha value is -2.66. The maximum absolute atomic E-state index is 13.0. The third-order valence-electron chi connectivity index (χ3n) is 5.90. The Kier molecular flexibility index (Phi) is 5.95. The van der Waals surface area contributed by atoms with Gasteiger partial charge in [-0.3, -0.25) is 4.79 Å². The van der Waals surface area contributed by atoms with Crippen molar-refractivity contribution in [2.75, 3.05) is 26.2 Å². The van der Waals surface area contributed by atoms with Crippen molar-refractivity contribution in [1.82, 2.24) is 20.2 Å². The third-order valence-corrected chi connectivity index (χ3v) is 5.90. The second-order valence-electron chi connectivity index (χ2n) is 8.00. The summed E-state index contributed by atoms with van der Waals surface area (Å²) in [6.45, 7) is 7.60. The number of fused-ring (bicyclic) bond motifs is 1. The summed E-state index contributed by atoms with van der Waals surface area (Å²) in [4.78, 5) is 22.9. The molecule has 2 aromatic carbocycles. The third kappa shape index (κ3) is 4.51. The van der Waals surface area contributed by atoms with E-state index in [4.69, 9.17) is 0 Å². The fraction of sp³-hybridized carbons (Fsp3) is 0.417. The molecular formula is C24H30N4O. The molecule has 0 aliphatic carbocycles. The Morgan fingerprint density at radius 2 is 2.03 bits per heavy atom. The van der Waals surface area contributed by atoms with E-state index in [0.29, 0.717) is 19.0 Å². The van der Waals surface area contributed by atoms with E-state index in [-0.39, 0.29) is 5.91 Å². The van der Waals surface area contributed by atoms with Crippen molar-refractivity contribution < 1.29 is 4.79 Å². The lowest BCUT2D eigenvalue weighted by atomic mass is 9.91. The van der Waals surface area contributed by atoms with E-state index in [0.717, 1.165) is 41.9 Å². The second-order valence-corrected chi connectivity index (χ2v) is 8.00. The Bertz CT molecular complexity index is 970. The lowest BCUT2D eigenvalue weighted by Crippen LogP contribution is -2.33. The van der Waals surface area contributed by atoms with Crippen LogP contribution in [-0.2, 0) is 6.42 Å². The zero-order valence-electron chi connectivity index (χ0n) is 17.4. The molecule has 0 spiro atoms. The van der Waals surface area contributed by atoms with Gasteiger partial charge in [0.1, 0.15) is 5.82 Å². The molecule has 2 heterocycles. The van der Waals surface area contributed by atoms with E-state index >= 15 is 0 Å². The van der Waals surface area contributed by atoms with E-state index in [9.17, 15) is 4.79 Å². The molecule has 152 valence electrons. The highest BCUT2D eigenvalue weighted by atomic mass is 16.2. The van der Waals surface area contributed by atoms with Crippen molar-refractivity contribution in [3.63, 3.8) is 0 Å². The zero-order valence-corrected chi connectivity index (χ0v) is 17.4. The molecule has 0 unspecified atom stereocenters. The molecule has 1 amide bonds. The molecule has 5 nitrogen and oxygen atoms in total. The molecule has 1 aliphatic rings. The monoisotopic (exact) mass is 390 g/mol. The highest BCUT2D eigenvalue weighted by Crippen LogP contribution is 2.23. The van der Waals surface area contributed by atoms with Crippen molar-refractivity contribution in [1.29, 1.82) is 0 Å². The van der Waals surface area contributed by atoms with Gasteiger partial charge in [0.15, 0.2) is 0 Å². The first-order chi connectivity index (χ1) is 14.1. The summed E-state index contributed by atoms with van der Waals surface area (Å²) < 4.78 is 0. The molecule has 1 aliphatic heterocycles. The molecule has 3 aromatic rings. The first-order valence-corrected chi connectivity index (χ1v) is 10.7. The minimum atomic E-state index is 0.0905. The van der Waals surface area contributed by atoms with Crippen molar-refractivity contribution in [3.05, 3.63) is 65.0 Å². The number of hydrogen-bond acceptors (Lipinski definition) is 3. The van der Waals surface area contributed by atoms with E-state index < -0.39 is 0 Å². The van der Waals surface area contributed by atoms with Crippen LogP contribution in [0.15, 0.2) is 42.5 Å². The predicted molar refractivity (Wildman–Crippen MR) is 117 cm³/mol. The molecule has 29 heavy (non-hydrogen) atoms. The van der Waals surface area contributed by atoms with Gasteiger partial charge in [0.25, 0.3) is 5.91 Å². The Balaban J connectivity index is 1.40. The standard InChI is InChI=1S/C24H30N4O/c1-3-28(14-12-23-26-21-11-6-17(2)15-22(21)27-23)24(29)19-9-7-18(8-10-19)20-5-4-13-25-16-20/h6-11,15,20,25H,3-5,12-14,16H2,1-2H3,(H,26,27)/t20-/m0/s1. The van der Waals surface area contributed by atoms with Crippen molar-refractivity contribution in [2.45, 2.75) is 39.0 Å². The molecule has 1 atom stereocenters. The summed E-state index contributed by atoms with van der Waals surface area (Å²) in [7, 11) is 0. The number of aryl methyl sites for hydroxylation is 1. The number of H-pyrrole nitrogens is 1. The van der Waals surface area contributed by atoms with E-state index in [2.05, 4.69) is 46.5 Å².